The second-order valence-corrected chi connectivity index (χ2v) is 10.2. The van der Waals surface area contributed by atoms with E-state index >= 15 is 0 Å². The van der Waals surface area contributed by atoms with Gasteiger partial charge in [-0.25, -0.2) is 0 Å². The molecule has 0 nitrogen and oxygen atoms in total. The maximum atomic E-state index is 2.57. The lowest BCUT2D eigenvalue weighted by Gasteiger charge is -2.31. The third kappa shape index (κ3) is 5.46. The van der Waals surface area contributed by atoms with Crippen LogP contribution in [0.3, 0.4) is 0 Å². The van der Waals surface area contributed by atoms with E-state index in [9.17, 15) is 0 Å². The predicted octanol–water partition coefficient (Wildman–Crippen LogP) is 7.28. The summed E-state index contributed by atoms with van der Waals surface area (Å²) >= 11 is 2.28. The first-order valence-corrected chi connectivity index (χ1v) is 10.9. The Balaban J connectivity index is 2.63. The molecule has 0 N–H and O–H groups in total. The molecule has 5 unspecified atom stereocenters. The fraction of sp³-hybridized carbons (Fsp3) is 1.00. The van der Waals surface area contributed by atoms with E-state index in [4.69, 9.17) is 0 Å². The van der Waals surface area contributed by atoms with E-state index in [1.165, 1.54) is 37.9 Å². The smallest absolute Gasteiger partial charge is 0.00804 e. The zero-order valence-corrected chi connectivity index (χ0v) is 17.4. The molecule has 1 fully saturated rings. The van der Waals surface area contributed by atoms with E-state index in [0.29, 0.717) is 5.41 Å². The Morgan fingerprint density at radius 3 is 2.18 bits per heavy atom. The van der Waals surface area contributed by atoms with Crippen LogP contribution in [0.15, 0.2) is 0 Å². The predicted molar refractivity (Wildman–Crippen MR) is 105 cm³/mol. The lowest BCUT2D eigenvalue weighted by atomic mass is 9.81. The molecule has 1 heteroatoms. The average molecular weight is 327 g/mol. The molecule has 5 atom stereocenters. The maximum absolute atomic E-state index is 2.57. The number of rotatable bonds is 11. The van der Waals surface area contributed by atoms with Crippen LogP contribution < -0.4 is 0 Å². The normalized spacial score (nSPS) is 28.9. The lowest BCUT2D eigenvalue weighted by Crippen LogP contribution is -2.25. The molecule has 0 radical (unpaired) electrons. The van der Waals surface area contributed by atoms with Gasteiger partial charge in [-0.3, -0.25) is 0 Å². The van der Waals surface area contributed by atoms with E-state index in [0.717, 1.165) is 34.8 Å². The van der Waals surface area contributed by atoms with Gasteiger partial charge in [-0.05, 0) is 66.4 Å². The molecule has 1 aliphatic rings. The Kier molecular flexibility index (Phi) is 8.34. The minimum atomic E-state index is 0.643. The third-order valence-corrected chi connectivity index (χ3v) is 7.88. The van der Waals surface area contributed by atoms with Gasteiger partial charge >= 0.3 is 0 Å². The van der Waals surface area contributed by atoms with E-state index in [-0.39, 0.29) is 0 Å². The highest BCUT2D eigenvalue weighted by Crippen LogP contribution is 2.62. The molecular formula is C21H42S. The number of hydrogen-bond acceptors (Lipinski definition) is 1. The highest BCUT2D eigenvalue weighted by atomic mass is 32.2. The second kappa shape index (κ2) is 9.00. The second-order valence-electron chi connectivity index (χ2n) is 8.90. The summed E-state index contributed by atoms with van der Waals surface area (Å²) in [6.45, 7) is 19.4. The molecule has 0 aromatic rings. The molecular weight excluding hydrogens is 284 g/mol. The SMILES string of the molecule is CCCSC(CC1CC1(C)C(C)CC(C)C)C(CC)C(C)C. The molecule has 1 rings (SSSR count). The Bertz CT molecular complexity index is 309. The van der Waals surface area contributed by atoms with Gasteiger partial charge in [-0.1, -0.05) is 61.8 Å². The molecule has 22 heavy (non-hydrogen) atoms. The summed E-state index contributed by atoms with van der Waals surface area (Å²) in [7, 11) is 0. The van der Waals surface area contributed by atoms with Gasteiger partial charge in [0.1, 0.15) is 0 Å². The van der Waals surface area contributed by atoms with Gasteiger partial charge in [0.15, 0.2) is 0 Å². The standard InChI is InChI=1S/C21H42S/c1-9-11-22-20(19(10-2)16(5)6)13-18-14-21(18,8)17(7)12-15(3)4/h15-20H,9-14H2,1-8H3. The molecule has 0 aliphatic heterocycles. The van der Waals surface area contributed by atoms with Crippen LogP contribution in [0.4, 0.5) is 0 Å². The van der Waals surface area contributed by atoms with Crippen LogP contribution in [0.1, 0.15) is 87.5 Å². The van der Waals surface area contributed by atoms with Crippen LogP contribution in [-0.4, -0.2) is 11.0 Å². The summed E-state index contributed by atoms with van der Waals surface area (Å²) in [4.78, 5) is 0. The van der Waals surface area contributed by atoms with Gasteiger partial charge in [0.25, 0.3) is 0 Å². The maximum Gasteiger partial charge on any atom is 0.00804 e. The largest absolute Gasteiger partial charge is 0.158 e. The van der Waals surface area contributed by atoms with Crippen molar-refractivity contribution in [2.45, 2.75) is 92.7 Å². The quantitative estimate of drug-likeness (QED) is 0.384. The van der Waals surface area contributed by atoms with Crippen LogP contribution in [0.2, 0.25) is 0 Å². The van der Waals surface area contributed by atoms with Gasteiger partial charge in [0.05, 0.1) is 0 Å². The molecule has 1 aliphatic carbocycles. The summed E-state index contributed by atoms with van der Waals surface area (Å²) in [5.41, 5.74) is 0.643. The van der Waals surface area contributed by atoms with Crippen molar-refractivity contribution in [2.24, 2.45) is 35.0 Å². The Hall–Kier alpha value is 0.350. The topological polar surface area (TPSA) is 0 Å². The van der Waals surface area contributed by atoms with Gasteiger partial charge in [-0.15, -0.1) is 0 Å². The molecule has 0 heterocycles. The summed E-state index contributed by atoms with van der Waals surface area (Å²) in [6.07, 6.45) is 7.03. The van der Waals surface area contributed by atoms with E-state index < -0.39 is 0 Å². The third-order valence-electron chi connectivity index (χ3n) is 6.27. The zero-order chi connectivity index (χ0) is 16.9. The molecule has 132 valence electrons. The van der Waals surface area contributed by atoms with Crippen molar-refractivity contribution < 1.29 is 0 Å². The molecule has 0 aromatic carbocycles. The van der Waals surface area contributed by atoms with Crippen molar-refractivity contribution in [3.8, 4) is 0 Å². The van der Waals surface area contributed by atoms with Crippen molar-refractivity contribution in [2.75, 3.05) is 5.75 Å². The minimum absolute atomic E-state index is 0.643. The van der Waals surface area contributed by atoms with E-state index in [2.05, 4.69) is 67.2 Å². The first-order valence-electron chi connectivity index (χ1n) is 9.87. The summed E-state index contributed by atoms with van der Waals surface area (Å²) in [5.74, 6) is 5.81. The minimum Gasteiger partial charge on any atom is -0.158 e. The lowest BCUT2D eigenvalue weighted by molar-refractivity contribution is 0.264. The highest BCUT2D eigenvalue weighted by Gasteiger charge is 2.53. The molecule has 0 spiro atoms. The van der Waals surface area contributed by atoms with Crippen LogP contribution in [0.25, 0.3) is 0 Å². The highest BCUT2D eigenvalue weighted by molar-refractivity contribution is 7.99. The Labute approximate surface area is 145 Å². The molecule has 1 saturated carbocycles. The van der Waals surface area contributed by atoms with E-state index in [1.807, 2.05) is 0 Å². The average Bonchev–Trinajstić information content (AvgIpc) is 3.07. The van der Waals surface area contributed by atoms with Crippen molar-refractivity contribution in [1.29, 1.82) is 0 Å². The molecule has 0 amide bonds. The van der Waals surface area contributed by atoms with Crippen LogP contribution >= 0.6 is 11.8 Å². The Morgan fingerprint density at radius 1 is 1.09 bits per heavy atom. The first-order chi connectivity index (χ1) is 10.3. The van der Waals surface area contributed by atoms with Crippen LogP contribution in [-0.2, 0) is 0 Å². The summed E-state index contributed by atoms with van der Waals surface area (Å²) in [5, 5.41) is 0.892. The van der Waals surface area contributed by atoms with Gasteiger partial charge in [-0.2, -0.15) is 11.8 Å². The summed E-state index contributed by atoms with van der Waals surface area (Å²) < 4.78 is 0. The zero-order valence-electron chi connectivity index (χ0n) is 16.6. The van der Waals surface area contributed by atoms with Crippen molar-refractivity contribution >= 4 is 11.8 Å². The van der Waals surface area contributed by atoms with Crippen LogP contribution in [0.5, 0.6) is 0 Å². The van der Waals surface area contributed by atoms with Crippen molar-refractivity contribution in [1.82, 2.24) is 0 Å². The monoisotopic (exact) mass is 326 g/mol. The fourth-order valence-corrected chi connectivity index (χ4v) is 6.14. The van der Waals surface area contributed by atoms with Gasteiger partial charge in [0.2, 0.25) is 0 Å². The van der Waals surface area contributed by atoms with Crippen LogP contribution in [0, 0.1) is 35.0 Å². The molecule has 0 aromatic heterocycles. The number of thioether (sulfide) groups is 1. The Morgan fingerprint density at radius 2 is 1.73 bits per heavy atom. The van der Waals surface area contributed by atoms with Gasteiger partial charge < -0.3 is 0 Å². The summed E-state index contributed by atoms with van der Waals surface area (Å²) in [6, 6.07) is 0. The molecule has 0 saturated heterocycles. The van der Waals surface area contributed by atoms with E-state index in [1.54, 1.807) is 0 Å². The van der Waals surface area contributed by atoms with Gasteiger partial charge in [0, 0.05) is 5.25 Å². The first kappa shape index (κ1) is 20.4. The molecule has 0 bridgehead atoms. The number of hydrogen-bond donors (Lipinski definition) is 0. The van der Waals surface area contributed by atoms with Crippen molar-refractivity contribution in [3.05, 3.63) is 0 Å². The van der Waals surface area contributed by atoms with Crippen molar-refractivity contribution in [3.63, 3.8) is 0 Å². The fourth-order valence-electron chi connectivity index (χ4n) is 4.48.